The number of fused-ring (bicyclic) bond motifs is 2. The van der Waals surface area contributed by atoms with Crippen LogP contribution in [0, 0.1) is 0 Å². The van der Waals surface area contributed by atoms with Crippen LogP contribution in [0.3, 0.4) is 0 Å². The molecule has 0 unspecified atom stereocenters. The molecule has 0 aliphatic heterocycles. The molecule has 0 saturated heterocycles. The Labute approximate surface area is 213 Å². The Balaban J connectivity index is 0.991. The second kappa shape index (κ2) is 10.3. The van der Waals surface area contributed by atoms with Crippen LogP contribution in [0.1, 0.15) is 74.3 Å². The van der Waals surface area contributed by atoms with Crippen LogP contribution in [0.4, 0.5) is 4.79 Å². The van der Waals surface area contributed by atoms with Gasteiger partial charge in [0.25, 0.3) is 0 Å². The van der Waals surface area contributed by atoms with Crippen LogP contribution in [0.2, 0.25) is 0 Å². The average molecular weight is 479 g/mol. The lowest BCUT2D eigenvalue weighted by Gasteiger charge is -2.31. The second-order valence-electron chi connectivity index (χ2n) is 10.6. The summed E-state index contributed by atoms with van der Waals surface area (Å²) in [5.41, 5.74) is 2.86. The topological polar surface area (TPSA) is 35.5 Å². The minimum atomic E-state index is -0.475. The fourth-order valence-electron chi connectivity index (χ4n) is 6.50. The maximum atomic E-state index is 12.6. The van der Waals surface area contributed by atoms with Gasteiger partial charge in [-0.3, -0.25) is 0 Å². The predicted octanol–water partition coefficient (Wildman–Crippen LogP) is 8.90. The van der Waals surface area contributed by atoms with Gasteiger partial charge < -0.3 is 9.47 Å². The van der Waals surface area contributed by atoms with Gasteiger partial charge in [0.05, 0.1) is 0 Å². The Morgan fingerprint density at radius 3 is 1.33 bits per heavy atom. The molecule has 184 valence electrons. The van der Waals surface area contributed by atoms with Gasteiger partial charge in [0.1, 0.15) is 12.2 Å². The lowest BCUT2D eigenvalue weighted by Crippen LogP contribution is -2.28. The van der Waals surface area contributed by atoms with Gasteiger partial charge in [-0.15, -0.1) is 0 Å². The van der Waals surface area contributed by atoms with E-state index in [9.17, 15) is 4.79 Å². The fourth-order valence-corrected chi connectivity index (χ4v) is 6.50. The van der Waals surface area contributed by atoms with Crippen LogP contribution >= 0.6 is 0 Å². The molecule has 0 bridgehead atoms. The summed E-state index contributed by atoms with van der Waals surface area (Å²) in [6, 6.07) is 30.4. The van der Waals surface area contributed by atoms with Crippen LogP contribution in [0.15, 0.2) is 84.9 Å². The van der Waals surface area contributed by atoms with Gasteiger partial charge in [-0.1, -0.05) is 84.9 Å². The summed E-state index contributed by atoms with van der Waals surface area (Å²) in [7, 11) is 0. The van der Waals surface area contributed by atoms with E-state index in [2.05, 4.69) is 84.9 Å². The highest BCUT2D eigenvalue weighted by Gasteiger charge is 2.29. The summed E-state index contributed by atoms with van der Waals surface area (Å²) in [5.74, 6) is 1.05. The van der Waals surface area contributed by atoms with Crippen LogP contribution in [0.5, 0.6) is 0 Å². The molecule has 2 fully saturated rings. The van der Waals surface area contributed by atoms with E-state index in [0.717, 1.165) is 51.4 Å². The summed E-state index contributed by atoms with van der Waals surface area (Å²) in [6.45, 7) is 0. The maximum Gasteiger partial charge on any atom is 0.508 e. The highest BCUT2D eigenvalue weighted by molar-refractivity contribution is 5.87. The minimum absolute atomic E-state index is 0.0317. The van der Waals surface area contributed by atoms with Crippen molar-refractivity contribution in [2.24, 2.45) is 0 Å². The van der Waals surface area contributed by atoms with Crippen molar-refractivity contribution in [2.45, 2.75) is 75.4 Å². The predicted molar refractivity (Wildman–Crippen MR) is 145 cm³/mol. The Morgan fingerprint density at radius 1 is 0.500 bits per heavy atom. The number of hydrogen-bond acceptors (Lipinski definition) is 3. The number of ether oxygens (including phenoxy) is 2. The van der Waals surface area contributed by atoms with Crippen molar-refractivity contribution in [1.82, 2.24) is 0 Å². The van der Waals surface area contributed by atoms with Crippen molar-refractivity contribution in [3.8, 4) is 0 Å². The molecular formula is C33H34O3. The Kier molecular flexibility index (Phi) is 6.63. The molecule has 0 heterocycles. The molecule has 4 aromatic rings. The van der Waals surface area contributed by atoms with E-state index in [-0.39, 0.29) is 12.2 Å². The summed E-state index contributed by atoms with van der Waals surface area (Å²) >= 11 is 0. The molecule has 3 heteroatoms. The number of hydrogen-bond donors (Lipinski definition) is 0. The standard InChI is InChI=1S/C33H34O3/c34-33(35-27-19-15-25(16-20-27)31-13-5-9-23-7-1-3-11-29(23)31)36-28-21-17-26(18-22-28)32-14-6-10-24-8-2-4-12-30(24)32/h1-14,25-28H,15-22H2. The van der Waals surface area contributed by atoms with Crippen molar-refractivity contribution in [3.63, 3.8) is 0 Å². The summed E-state index contributed by atoms with van der Waals surface area (Å²) < 4.78 is 11.5. The van der Waals surface area contributed by atoms with Crippen LogP contribution in [-0.2, 0) is 9.47 Å². The summed E-state index contributed by atoms with van der Waals surface area (Å²) in [6.07, 6.45) is 7.24. The van der Waals surface area contributed by atoms with Crippen molar-refractivity contribution in [2.75, 3.05) is 0 Å². The van der Waals surface area contributed by atoms with Crippen LogP contribution in [0.25, 0.3) is 21.5 Å². The molecule has 3 nitrogen and oxygen atoms in total. The fraction of sp³-hybridized carbons (Fsp3) is 0.364. The molecule has 2 aliphatic rings. The van der Waals surface area contributed by atoms with E-state index < -0.39 is 6.16 Å². The van der Waals surface area contributed by atoms with E-state index in [1.165, 1.54) is 32.7 Å². The Morgan fingerprint density at radius 2 is 0.889 bits per heavy atom. The number of benzene rings is 4. The van der Waals surface area contributed by atoms with Crippen LogP contribution < -0.4 is 0 Å². The highest BCUT2D eigenvalue weighted by atomic mass is 16.7. The molecule has 0 N–H and O–H groups in total. The lowest BCUT2D eigenvalue weighted by molar-refractivity contribution is -0.0214. The first-order valence-electron chi connectivity index (χ1n) is 13.6. The lowest BCUT2D eigenvalue weighted by atomic mass is 9.81. The van der Waals surface area contributed by atoms with Crippen LogP contribution in [-0.4, -0.2) is 18.4 Å². The molecule has 2 saturated carbocycles. The molecule has 0 amide bonds. The van der Waals surface area contributed by atoms with Gasteiger partial charge >= 0.3 is 6.16 Å². The van der Waals surface area contributed by atoms with Gasteiger partial charge in [0, 0.05) is 0 Å². The normalized spacial score (nSPS) is 24.4. The van der Waals surface area contributed by atoms with Gasteiger partial charge in [0.15, 0.2) is 0 Å². The highest BCUT2D eigenvalue weighted by Crippen LogP contribution is 2.39. The molecule has 0 atom stereocenters. The van der Waals surface area contributed by atoms with E-state index >= 15 is 0 Å². The Hall–Kier alpha value is -3.33. The van der Waals surface area contributed by atoms with E-state index in [1.807, 2.05) is 0 Å². The first-order valence-corrected chi connectivity index (χ1v) is 13.6. The van der Waals surface area contributed by atoms with Crippen molar-refractivity contribution in [3.05, 3.63) is 96.1 Å². The van der Waals surface area contributed by atoms with Gasteiger partial charge in [0.2, 0.25) is 0 Å². The quantitative estimate of drug-likeness (QED) is 0.275. The van der Waals surface area contributed by atoms with E-state index in [4.69, 9.17) is 9.47 Å². The average Bonchev–Trinajstić information content (AvgIpc) is 2.93. The number of rotatable bonds is 4. The summed E-state index contributed by atoms with van der Waals surface area (Å²) in [4.78, 5) is 12.6. The molecule has 2 aliphatic carbocycles. The zero-order valence-electron chi connectivity index (χ0n) is 20.8. The molecule has 0 aromatic heterocycles. The first-order chi connectivity index (χ1) is 17.7. The van der Waals surface area contributed by atoms with E-state index in [0.29, 0.717) is 11.8 Å². The van der Waals surface area contributed by atoms with Crippen molar-refractivity contribution >= 4 is 27.7 Å². The third kappa shape index (κ3) is 4.84. The minimum Gasteiger partial charge on any atom is -0.431 e. The molecule has 4 aromatic carbocycles. The zero-order chi connectivity index (χ0) is 24.3. The second-order valence-corrected chi connectivity index (χ2v) is 10.6. The van der Waals surface area contributed by atoms with Crippen molar-refractivity contribution in [1.29, 1.82) is 0 Å². The number of carbonyl (C=O) groups is 1. The van der Waals surface area contributed by atoms with Gasteiger partial charge in [-0.2, -0.15) is 0 Å². The molecular weight excluding hydrogens is 444 g/mol. The summed E-state index contributed by atoms with van der Waals surface area (Å²) in [5, 5.41) is 5.30. The van der Waals surface area contributed by atoms with Crippen molar-refractivity contribution < 1.29 is 14.3 Å². The smallest absolute Gasteiger partial charge is 0.431 e. The van der Waals surface area contributed by atoms with E-state index in [1.54, 1.807) is 0 Å². The van der Waals surface area contributed by atoms with Gasteiger partial charge in [-0.05, 0) is 95.9 Å². The zero-order valence-corrected chi connectivity index (χ0v) is 20.8. The molecule has 36 heavy (non-hydrogen) atoms. The third-order valence-electron chi connectivity index (χ3n) is 8.40. The molecule has 6 rings (SSSR count). The largest absolute Gasteiger partial charge is 0.508 e. The molecule has 0 spiro atoms. The Bertz CT molecular complexity index is 1230. The SMILES string of the molecule is O=C(OC1CCC(c2cccc3ccccc23)CC1)OC1CCC(c2cccc3ccccc23)CC1. The maximum absolute atomic E-state index is 12.6. The number of carbonyl (C=O) groups excluding carboxylic acids is 1. The monoisotopic (exact) mass is 478 g/mol. The third-order valence-corrected chi connectivity index (χ3v) is 8.40. The molecule has 0 radical (unpaired) electrons. The van der Waals surface area contributed by atoms with Gasteiger partial charge in [-0.25, -0.2) is 4.79 Å². The first kappa shape index (κ1) is 23.1.